The fraction of sp³-hybridized carbons (Fsp3) is 0.474. The number of esters is 1. The van der Waals surface area contributed by atoms with Gasteiger partial charge in [-0.15, -0.1) is 0 Å². The zero-order valence-corrected chi connectivity index (χ0v) is 16.4. The van der Waals surface area contributed by atoms with Gasteiger partial charge in [-0.2, -0.15) is 11.8 Å². The van der Waals surface area contributed by atoms with Crippen LogP contribution in [0.4, 0.5) is 4.79 Å². The molecule has 2 aliphatic heterocycles. The van der Waals surface area contributed by atoms with Gasteiger partial charge in [0.2, 0.25) is 0 Å². The lowest BCUT2D eigenvalue weighted by molar-refractivity contribution is -0.139. The first-order valence-corrected chi connectivity index (χ1v) is 10.2. The predicted molar refractivity (Wildman–Crippen MR) is 105 cm³/mol. The lowest BCUT2D eigenvalue weighted by Gasteiger charge is -2.33. The highest BCUT2D eigenvalue weighted by atomic mass is 32.2. The fourth-order valence-corrected chi connectivity index (χ4v) is 4.23. The molecule has 1 fully saturated rings. The van der Waals surface area contributed by atoms with E-state index in [2.05, 4.69) is 15.5 Å². The van der Waals surface area contributed by atoms with Crippen molar-refractivity contribution in [2.45, 2.75) is 13.0 Å². The van der Waals surface area contributed by atoms with E-state index in [1.807, 2.05) is 36.0 Å². The Balaban J connectivity index is 1.98. The molecule has 2 heterocycles. The van der Waals surface area contributed by atoms with Gasteiger partial charge >= 0.3 is 12.0 Å². The maximum Gasteiger partial charge on any atom is 0.338 e. The van der Waals surface area contributed by atoms with E-state index in [9.17, 15) is 9.59 Å². The van der Waals surface area contributed by atoms with Gasteiger partial charge in [-0.3, -0.25) is 4.90 Å². The molecule has 2 aliphatic rings. The molecule has 1 aromatic carbocycles. The molecule has 27 heavy (non-hydrogen) atoms. The number of hydrogen-bond acceptors (Lipinski definition) is 6. The van der Waals surface area contributed by atoms with Gasteiger partial charge in [-0.1, -0.05) is 12.1 Å². The van der Waals surface area contributed by atoms with Crippen molar-refractivity contribution in [3.05, 3.63) is 41.1 Å². The highest BCUT2D eigenvalue weighted by Gasteiger charge is 2.34. The second-order valence-corrected chi connectivity index (χ2v) is 7.53. The molecule has 8 heteroatoms. The molecule has 1 saturated heterocycles. The topological polar surface area (TPSA) is 79.9 Å². The quantitative estimate of drug-likeness (QED) is 0.722. The van der Waals surface area contributed by atoms with Gasteiger partial charge in [0.05, 0.1) is 25.3 Å². The first-order chi connectivity index (χ1) is 13.1. The summed E-state index contributed by atoms with van der Waals surface area (Å²) >= 11 is 1.92. The summed E-state index contributed by atoms with van der Waals surface area (Å²) in [5, 5.41) is 5.68. The summed E-state index contributed by atoms with van der Waals surface area (Å²) in [6.07, 6.45) is 0. The first-order valence-electron chi connectivity index (χ1n) is 9.04. The zero-order valence-electron chi connectivity index (χ0n) is 15.6. The summed E-state index contributed by atoms with van der Waals surface area (Å²) in [4.78, 5) is 27.3. The molecular weight excluding hydrogens is 366 g/mol. The average Bonchev–Trinajstić information content (AvgIpc) is 2.68. The second-order valence-electron chi connectivity index (χ2n) is 6.31. The molecule has 146 valence electrons. The molecule has 2 N–H and O–H groups in total. The molecule has 3 rings (SSSR count). The number of thioether (sulfide) groups is 1. The Kier molecular flexibility index (Phi) is 6.63. The number of nitrogens with zero attached hydrogens (tertiary/aromatic N) is 1. The molecule has 0 bridgehead atoms. The molecule has 1 atom stereocenters. The number of hydrogen-bond donors (Lipinski definition) is 2. The number of carbonyl (C=O) groups excluding carboxylic acids is 2. The normalized spacial score (nSPS) is 20.7. The molecule has 0 saturated carbocycles. The van der Waals surface area contributed by atoms with Crippen molar-refractivity contribution in [3.63, 3.8) is 0 Å². The molecule has 1 aromatic rings. The van der Waals surface area contributed by atoms with E-state index in [1.54, 1.807) is 14.0 Å². The first kappa shape index (κ1) is 19.6. The summed E-state index contributed by atoms with van der Waals surface area (Å²) < 4.78 is 10.6. The maximum atomic E-state index is 12.8. The van der Waals surface area contributed by atoms with Crippen LogP contribution in [-0.2, 0) is 9.53 Å². The molecule has 2 amide bonds. The largest absolute Gasteiger partial charge is 0.497 e. The fourth-order valence-electron chi connectivity index (χ4n) is 3.25. The van der Waals surface area contributed by atoms with Crippen LogP contribution in [0.5, 0.6) is 5.75 Å². The standard InChI is InChI=1S/C19H25N3O4S/c1-3-26-18(23)16-15(12-22-7-9-27-10-8-22)20-19(24)21-17(16)13-5-4-6-14(11-13)25-2/h4-6,11,17H,3,7-10,12H2,1-2H3,(H2,20,21,24)/t17-/m1/s1. The summed E-state index contributed by atoms with van der Waals surface area (Å²) in [6.45, 7) is 4.42. The van der Waals surface area contributed by atoms with Crippen LogP contribution >= 0.6 is 11.8 Å². The van der Waals surface area contributed by atoms with Crippen molar-refractivity contribution < 1.29 is 19.1 Å². The minimum absolute atomic E-state index is 0.273. The van der Waals surface area contributed by atoms with Crippen LogP contribution in [0.2, 0.25) is 0 Å². The van der Waals surface area contributed by atoms with E-state index < -0.39 is 12.0 Å². The van der Waals surface area contributed by atoms with E-state index in [4.69, 9.17) is 9.47 Å². The lowest BCUT2D eigenvalue weighted by atomic mass is 9.94. The van der Waals surface area contributed by atoms with Crippen LogP contribution in [0.25, 0.3) is 0 Å². The molecule has 0 unspecified atom stereocenters. The molecule has 7 nitrogen and oxygen atoms in total. The highest BCUT2D eigenvalue weighted by molar-refractivity contribution is 7.99. The Morgan fingerprint density at radius 2 is 2.11 bits per heavy atom. The molecule has 0 aromatic heterocycles. The number of nitrogens with one attached hydrogen (secondary N) is 2. The molecule has 0 aliphatic carbocycles. The number of methoxy groups -OCH3 is 1. The summed E-state index contributed by atoms with van der Waals surface area (Å²) in [6, 6.07) is 6.45. The number of rotatable bonds is 6. The van der Waals surface area contributed by atoms with Gasteiger partial charge in [0.15, 0.2) is 0 Å². The average molecular weight is 391 g/mol. The van der Waals surface area contributed by atoms with Crippen LogP contribution in [0.1, 0.15) is 18.5 Å². The molecule has 0 spiro atoms. The van der Waals surface area contributed by atoms with Crippen molar-refractivity contribution in [2.24, 2.45) is 0 Å². The van der Waals surface area contributed by atoms with Crippen LogP contribution in [0, 0.1) is 0 Å². The zero-order chi connectivity index (χ0) is 19.2. The predicted octanol–water partition coefficient (Wildman–Crippen LogP) is 1.92. The van der Waals surface area contributed by atoms with Gasteiger partial charge in [0.1, 0.15) is 5.75 Å². The van der Waals surface area contributed by atoms with E-state index >= 15 is 0 Å². The van der Waals surface area contributed by atoms with Gasteiger partial charge in [0.25, 0.3) is 0 Å². The van der Waals surface area contributed by atoms with Crippen LogP contribution in [-0.4, -0.2) is 61.8 Å². The van der Waals surface area contributed by atoms with Crippen molar-refractivity contribution in [1.29, 1.82) is 0 Å². The second kappa shape index (κ2) is 9.14. The van der Waals surface area contributed by atoms with E-state index in [1.165, 1.54) is 0 Å². The van der Waals surface area contributed by atoms with E-state index in [0.29, 0.717) is 23.6 Å². The third kappa shape index (κ3) is 4.75. The Bertz CT molecular complexity index is 731. The van der Waals surface area contributed by atoms with E-state index in [-0.39, 0.29) is 12.6 Å². The number of amides is 2. The Morgan fingerprint density at radius 1 is 1.33 bits per heavy atom. The third-order valence-electron chi connectivity index (χ3n) is 4.56. The van der Waals surface area contributed by atoms with Crippen molar-refractivity contribution in [2.75, 3.05) is 44.9 Å². The lowest BCUT2D eigenvalue weighted by Crippen LogP contribution is -2.49. The van der Waals surface area contributed by atoms with Crippen LogP contribution < -0.4 is 15.4 Å². The van der Waals surface area contributed by atoms with Gasteiger partial charge in [-0.05, 0) is 24.6 Å². The molecular formula is C19H25N3O4S. The van der Waals surface area contributed by atoms with Crippen molar-refractivity contribution in [3.8, 4) is 5.75 Å². The van der Waals surface area contributed by atoms with Gasteiger partial charge in [-0.25, -0.2) is 9.59 Å². The van der Waals surface area contributed by atoms with Crippen molar-refractivity contribution in [1.82, 2.24) is 15.5 Å². The van der Waals surface area contributed by atoms with E-state index in [0.717, 1.165) is 30.2 Å². The summed E-state index contributed by atoms with van der Waals surface area (Å²) in [5.74, 6) is 2.35. The maximum absolute atomic E-state index is 12.8. The Morgan fingerprint density at radius 3 is 2.81 bits per heavy atom. The van der Waals surface area contributed by atoms with Gasteiger partial charge < -0.3 is 20.1 Å². The highest BCUT2D eigenvalue weighted by Crippen LogP contribution is 2.30. The smallest absolute Gasteiger partial charge is 0.338 e. The number of urea groups is 1. The minimum atomic E-state index is -0.581. The number of ether oxygens (including phenoxy) is 2. The SMILES string of the molecule is CCOC(=O)C1=C(CN2CCSCC2)NC(=O)N[C@@H]1c1cccc(OC)c1. The Labute approximate surface area is 163 Å². The minimum Gasteiger partial charge on any atom is -0.497 e. The Hall–Kier alpha value is -2.19. The van der Waals surface area contributed by atoms with Crippen LogP contribution in [0.3, 0.4) is 0 Å². The van der Waals surface area contributed by atoms with Gasteiger partial charge in [0, 0.05) is 36.8 Å². The summed E-state index contributed by atoms with van der Waals surface area (Å²) in [5.41, 5.74) is 1.83. The van der Waals surface area contributed by atoms with Crippen molar-refractivity contribution >= 4 is 23.8 Å². The van der Waals surface area contributed by atoms with Crippen LogP contribution in [0.15, 0.2) is 35.5 Å². The number of benzene rings is 1. The molecule has 0 radical (unpaired) electrons. The summed E-state index contributed by atoms with van der Waals surface area (Å²) in [7, 11) is 1.59. The monoisotopic (exact) mass is 391 g/mol. The number of carbonyl (C=O) groups is 2. The third-order valence-corrected chi connectivity index (χ3v) is 5.50.